The molecule has 0 fully saturated rings. The smallest absolute Gasteiger partial charge is 0.126 e. The molecule has 0 unspecified atom stereocenters. The molecule has 0 aromatic heterocycles. The maximum Gasteiger partial charge on any atom is 0.126 e. The van der Waals surface area contributed by atoms with E-state index in [9.17, 15) is 0 Å². The fourth-order valence-electron chi connectivity index (χ4n) is 2.26. The minimum atomic E-state index is 0. The zero-order valence-electron chi connectivity index (χ0n) is 10.8. The summed E-state index contributed by atoms with van der Waals surface area (Å²) in [5, 5.41) is 2.34. The van der Waals surface area contributed by atoms with E-state index in [1.165, 1.54) is 10.9 Å². The van der Waals surface area contributed by atoms with Crippen LogP contribution in [0.15, 0.2) is 36.4 Å². The highest BCUT2D eigenvalue weighted by atomic mass is 35.5. The number of ether oxygens (including phenoxy) is 1. The molecule has 0 saturated carbocycles. The van der Waals surface area contributed by atoms with E-state index < -0.39 is 0 Å². The van der Waals surface area contributed by atoms with E-state index in [0.29, 0.717) is 0 Å². The fourth-order valence-corrected chi connectivity index (χ4v) is 2.26. The van der Waals surface area contributed by atoms with Gasteiger partial charge in [-0.05, 0) is 23.4 Å². The van der Waals surface area contributed by atoms with Crippen LogP contribution in [0.4, 0.5) is 0 Å². The minimum absolute atomic E-state index is 0. The molecule has 2 rings (SSSR count). The quantitative estimate of drug-likeness (QED) is 0.904. The molecule has 0 aliphatic heterocycles. The number of benzene rings is 2. The van der Waals surface area contributed by atoms with Crippen LogP contribution in [-0.2, 0) is 0 Å². The molecule has 98 valence electrons. The van der Waals surface area contributed by atoms with Gasteiger partial charge in [0.1, 0.15) is 5.75 Å². The molecule has 0 saturated heterocycles. The first-order chi connectivity index (χ1) is 8.27. The van der Waals surface area contributed by atoms with Crippen LogP contribution in [0.1, 0.15) is 31.4 Å². The molecule has 3 heteroatoms. The van der Waals surface area contributed by atoms with Crippen molar-refractivity contribution in [1.82, 2.24) is 0 Å². The molecule has 0 spiro atoms. The van der Waals surface area contributed by atoms with E-state index in [1.807, 2.05) is 18.2 Å². The first kappa shape index (κ1) is 14.8. The average Bonchev–Trinajstić information content (AvgIpc) is 2.37. The van der Waals surface area contributed by atoms with Gasteiger partial charge in [0.25, 0.3) is 0 Å². The molecule has 0 bridgehead atoms. The van der Waals surface area contributed by atoms with Crippen molar-refractivity contribution in [3.05, 3.63) is 42.0 Å². The highest BCUT2D eigenvalue weighted by Gasteiger charge is 2.11. The predicted octanol–water partition coefficient (Wildman–Crippen LogP) is 4.07. The number of halogens is 1. The zero-order valence-corrected chi connectivity index (χ0v) is 11.7. The van der Waals surface area contributed by atoms with Crippen molar-refractivity contribution in [1.29, 1.82) is 0 Å². The Morgan fingerprint density at radius 1 is 1.11 bits per heavy atom. The summed E-state index contributed by atoms with van der Waals surface area (Å²) in [4.78, 5) is 0. The summed E-state index contributed by atoms with van der Waals surface area (Å²) in [6.45, 7) is 2.16. The van der Waals surface area contributed by atoms with Crippen LogP contribution in [0.25, 0.3) is 10.8 Å². The summed E-state index contributed by atoms with van der Waals surface area (Å²) in [7, 11) is 1.70. The fraction of sp³-hybridized carbons (Fsp3) is 0.333. The molecule has 1 atom stereocenters. The van der Waals surface area contributed by atoms with Crippen molar-refractivity contribution >= 4 is 23.2 Å². The normalized spacial score (nSPS) is 11.9. The van der Waals surface area contributed by atoms with Gasteiger partial charge in [0, 0.05) is 11.4 Å². The van der Waals surface area contributed by atoms with E-state index in [2.05, 4.69) is 25.1 Å². The molecular formula is C15H20ClNO. The molecular weight excluding hydrogens is 246 g/mol. The lowest BCUT2D eigenvalue weighted by molar-refractivity contribution is 0.419. The van der Waals surface area contributed by atoms with Gasteiger partial charge < -0.3 is 10.5 Å². The van der Waals surface area contributed by atoms with E-state index in [1.54, 1.807) is 7.11 Å². The Balaban J connectivity index is 0.00000162. The first-order valence-electron chi connectivity index (χ1n) is 6.09. The second-order valence-corrected chi connectivity index (χ2v) is 4.30. The van der Waals surface area contributed by atoms with Gasteiger partial charge in [0.05, 0.1) is 7.11 Å². The van der Waals surface area contributed by atoms with Gasteiger partial charge in [-0.3, -0.25) is 0 Å². The number of hydrogen-bond donors (Lipinski definition) is 1. The Morgan fingerprint density at radius 2 is 1.78 bits per heavy atom. The lowest BCUT2D eigenvalue weighted by atomic mass is 9.96. The Labute approximate surface area is 115 Å². The summed E-state index contributed by atoms with van der Waals surface area (Å²) in [5.41, 5.74) is 7.43. The molecule has 2 N–H and O–H groups in total. The Hall–Kier alpha value is -1.25. The number of rotatable bonds is 4. The van der Waals surface area contributed by atoms with Crippen LogP contribution in [0.2, 0.25) is 0 Å². The second kappa shape index (κ2) is 6.62. The third-order valence-electron chi connectivity index (χ3n) is 3.14. The van der Waals surface area contributed by atoms with Gasteiger partial charge in [0.15, 0.2) is 0 Å². The predicted molar refractivity (Wildman–Crippen MR) is 79.6 cm³/mol. The van der Waals surface area contributed by atoms with E-state index in [0.717, 1.165) is 24.0 Å². The zero-order chi connectivity index (χ0) is 12.3. The Bertz CT molecular complexity index is 513. The van der Waals surface area contributed by atoms with Gasteiger partial charge in [-0.2, -0.15) is 0 Å². The van der Waals surface area contributed by atoms with Crippen LogP contribution in [0.5, 0.6) is 5.75 Å². The van der Waals surface area contributed by atoms with Crippen molar-refractivity contribution < 1.29 is 4.74 Å². The minimum Gasteiger partial charge on any atom is -0.496 e. The molecule has 2 aromatic rings. The number of fused-ring (bicyclic) bond motifs is 1. The maximum atomic E-state index is 6.22. The number of methoxy groups -OCH3 is 1. The van der Waals surface area contributed by atoms with Crippen LogP contribution in [0.3, 0.4) is 0 Å². The Kier molecular flexibility index (Phi) is 5.45. The van der Waals surface area contributed by atoms with Crippen LogP contribution >= 0.6 is 12.4 Å². The summed E-state index contributed by atoms with van der Waals surface area (Å²) in [6.07, 6.45) is 2.11. The van der Waals surface area contributed by atoms with Crippen molar-refractivity contribution in [2.75, 3.05) is 7.11 Å². The number of hydrogen-bond acceptors (Lipinski definition) is 2. The highest BCUT2D eigenvalue weighted by Crippen LogP contribution is 2.31. The molecule has 18 heavy (non-hydrogen) atoms. The van der Waals surface area contributed by atoms with Gasteiger partial charge in [-0.15, -0.1) is 12.4 Å². The molecule has 0 aliphatic rings. The molecule has 0 amide bonds. The van der Waals surface area contributed by atoms with Crippen molar-refractivity contribution in [2.45, 2.75) is 25.8 Å². The lowest BCUT2D eigenvalue weighted by Crippen LogP contribution is -2.10. The maximum absolute atomic E-state index is 6.22. The van der Waals surface area contributed by atoms with Crippen molar-refractivity contribution in [3.63, 3.8) is 0 Å². The van der Waals surface area contributed by atoms with Crippen molar-refractivity contribution in [3.8, 4) is 5.75 Å². The van der Waals surface area contributed by atoms with E-state index in [4.69, 9.17) is 10.5 Å². The SMILES string of the molecule is CCC[C@H](N)c1ccc(OC)c2ccccc12.Cl. The van der Waals surface area contributed by atoms with Gasteiger partial charge >= 0.3 is 0 Å². The number of nitrogens with two attached hydrogens (primary N) is 1. The van der Waals surface area contributed by atoms with Crippen LogP contribution in [-0.4, -0.2) is 7.11 Å². The third-order valence-corrected chi connectivity index (χ3v) is 3.14. The molecule has 0 radical (unpaired) electrons. The molecule has 2 nitrogen and oxygen atoms in total. The van der Waals surface area contributed by atoms with Gasteiger partial charge in [-0.1, -0.05) is 43.7 Å². The largest absolute Gasteiger partial charge is 0.496 e. The monoisotopic (exact) mass is 265 g/mol. The van der Waals surface area contributed by atoms with E-state index >= 15 is 0 Å². The Morgan fingerprint density at radius 3 is 2.39 bits per heavy atom. The van der Waals surface area contributed by atoms with Crippen LogP contribution < -0.4 is 10.5 Å². The van der Waals surface area contributed by atoms with Gasteiger partial charge in [-0.25, -0.2) is 0 Å². The summed E-state index contributed by atoms with van der Waals surface area (Å²) < 4.78 is 5.38. The standard InChI is InChI=1S/C15H19NO.ClH/c1-3-6-14(16)12-9-10-15(17-2)13-8-5-4-7-11(12)13;/h4-5,7-10,14H,3,6,16H2,1-2H3;1H/t14-;/m0./s1. The first-order valence-corrected chi connectivity index (χ1v) is 6.09. The summed E-state index contributed by atoms with van der Waals surface area (Å²) in [5.74, 6) is 0.910. The highest BCUT2D eigenvalue weighted by molar-refractivity contribution is 5.91. The molecule has 0 heterocycles. The molecule has 0 aliphatic carbocycles. The van der Waals surface area contributed by atoms with Crippen LogP contribution in [0, 0.1) is 0 Å². The summed E-state index contributed by atoms with van der Waals surface area (Å²) >= 11 is 0. The van der Waals surface area contributed by atoms with Crippen molar-refractivity contribution in [2.24, 2.45) is 5.73 Å². The van der Waals surface area contributed by atoms with E-state index in [-0.39, 0.29) is 18.4 Å². The average molecular weight is 266 g/mol. The summed E-state index contributed by atoms with van der Waals surface area (Å²) in [6, 6.07) is 12.5. The third kappa shape index (κ3) is 2.77. The lowest BCUT2D eigenvalue weighted by Gasteiger charge is -2.15. The second-order valence-electron chi connectivity index (χ2n) is 4.30. The van der Waals surface area contributed by atoms with Gasteiger partial charge in [0.2, 0.25) is 0 Å². The topological polar surface area (TPSA) is 35.2 Å². The molecule has 2 aromatic carbocycles.